The Bertz CT molecular complexity index is 891. The Hall–Kier alpha value is -2.28. The first-order valence-electron chi connectivity index (χ1n) is 11.2. The van der Waals surface area contributed by atoms with Crippen LogP contribution in [0.4, 0.5) is 8.78 Å². The minimum absolute atomic E-state index is 0.0613. The van der Waals surface area contributed by atoms with Gasteiger partial charge < -0.3 is 14.4 Å². The summed E-state index contributed by atoms with van der Waals surface area (Å²) in [6, 6.07) is 9.51. The van der Waals surface area contributed by atoms with Crippen molar-refractivity contribution in [3.63, 3.8) is 0 Å². The predicted octanol–water partition coefficient (Wildman–Crippen LogP) is 3.49. The third-order valence-electron chi connectivity index (χ3n) is 7.35. The molecule has 31 heavy (non-hydrogen) atoms. The fourth-order valence-electron chi connectivity index (χ4n) is 5.93. The van der Waals surface area contributed by atoms with Crippen LogP contribution in [-0.4, -0.2) is 59.9 Å². The normalized spacial score (nSPS) is 39.3. The van der Waals surface area contributed by atoms with Crippen LogP contribution in [0.5, 0.6) is 0 Å². The average Bonchev–Trinajstić information content (AvgIpc) is 2.79. The maximum atomic E-state index is 14.9. The molecule has 5 nitrogen and oxygen atoms in total. The maximum absolute atomic E-state index is 14.9. The van der Waals surface area contributed by atoms with Gasteiger partial charge in [-0.05, 0) is 44.1 Å². The molecule has 2 aliphatic carbocycles. The van der Waals surface area contributed by atoms with E-state index in [1.165, 1.54) is 5.56 Å². The van der Waals surface area contributed by atoms with Gasteiger partial charge in [0, 0.05) is 12.1 Å². The highest BCUT2D eigenvalue weighted by Gasteiger charge is 2.59. The Balaban J connectivity index is 1.52. The molecule has 1 aromatic rings. The smallest absolute Gasteiger partial charge is 0.343 e. The van der Waals surface area contributed by atoms with E-state index in [4.69, 9.17) is 9.47 Å². The first-order chi connectivity index (χ1) is 15.0. The lowest BCUT2D eigenvalue weighted by Crippen LogP contribution is -2.70. The second-order valence-electron chi connectivity index (χ2n) is 9.00. The van der Waals surface area contributed by atoms with Gasteiger partial charge in [-0.25, -0.2) is 13.6 Å². The number of morpholine rings is 1. The van der Waals surface area contributed by atoms with Crippen LogP contribution in [0.25, 0.3) is 0 Å². The lowest BCUT2D eigenvalue weighted by atomic mass is 9.69. The predicted molar refractivity (Wildman–Crippen MR) is 109 cm³/mol. The zero-order valence-corrected chi connectivity index (χ0v) is 17.5. The summed E-state index contributed by atoms with van der Waals surface area (Å²) in [5.41, 5.74) is 1.17. The van der Waals surface area contributed by atoms with E-state index in [2.05, 4.69) is 12.1 Å². The van der Waals surface area contributed by atoms with Crippen LogP contribution in [0.3, 0.4) is 0 Å². The molecule has 3 fully saturated rings. The van der Waals surface area contributed by atoms with Gasteiger partial charge in [0.1, 0.15) is 17.8 Å². The largest absolute Gasteiger partial charge is 0.462 e. The number of carbonyl (C=O) groups excluding carboxylic acids is 2. The topological polar surface area (TPSA) is 55.8 Å². The van der Waals surface area contributed by atoms with Crippen molar-refractivity contribution in [2.45, 2.75) is 75.2 Å². The summed E-state index contributed by atoms with van der Waals surface area (Å²) >= 11 is 0. The van der Waals surface area contributed by atoms with Gasteiger partial charge in [-0.1, -0.05) is 30.3 Å². The zero-order chi connectivity index (χ0) is 21.7. The van der Waals surface area contributed by atoms with Gasteiger partial charge in [-0.15, -0.1) is 0 Å². The van der Waals surface area contributed by atoms with Gasteiger partial charge in [0.05, 0.1) is 24.8 Å². The van der Waals surface area contributed by atoms with E-state index in [9.17, 15) is 18.4 Å². The monoisotopic (exact) mass is 431 g/mol. The van der Waals surface area contributed by atoms with Crippen molar-refractivity contribution in [3.05, 3.63) is 47.7 Å². The molecule has 2 aliphatic heterocycles. The van der Waals surface area contributed by atoms with Gasteiger partial charge in [0.15, 0.2) is 12.0 Å². The summed E-state index contributed by atoms with van der Waals surface area (Å²) in [4.78, 5) is 27.5. The Morgan fingerprint density at radius 1 is 1.19 bits per heavy atom. The standard InChI is InChI=1S/C24H27F2NO4/c1-2-30-24(29)16-12-27-18-10-14(13-6-4-3-5-7-13)8-9-19(18)31-23-20(26)17(25)11-15(21(23)27)22(16)28/h3-7,12,14-15,17-21,23H,2,8-11H2,1H3. The number of halogens is 2. The van der Waals surface area contributed by atoms with Gasteiger partial charge in [-0.3, -0.25) is 4.79 Å². The number of ketones is 1. The van der Waals surface area contributed by atoms with E-state index in [1.54, 1.807) is 13.1 Å². The lowest BCUT2D eigenvalue weighted by molar-refractivity contribution is -0.211. The van der Waals surface area contributed by atoms with Gasteiger partial charge in [-0.2, -0.15) is 0 Å². The van der Waals surface area contributed by atoms with Crippen LogP contribution < -0.4 is 0 Å². The summed E-state index contributed by atoms with van der Waals surface area (Å²) in [6.07, 6.45) is -1.15. The number of ether oxygens (including phenoxy) is 2. The molecule has 0 amide bonds. The van der Waals surface area contributed by atoms with Gasteiger partial charge in [0.25, 0.3) is 0 Å². The summed E-state index contributed by atoms with van der Waals surface area (Å²) in [6.45, 7) is 1.82. The summed E-state index contributed by atoms with van der Waals surface area (Å²) in [5, 5.41) is 0. The third-order valence-corrected chi connectivity index (χ3v) is 7.35. The van der Waals surface area contributed by atoms with Gasteiger partial charge >= 0.3 is 5.97 Å². The maximum Gasteiger partial charge on any atom is 0.343 e. The van der Waals surface area contributed by atoms with Crippen molar-refractivity contribution in [1.29, 1.82) is 0 Å². The Labute approximate surface area is 180 Å². The van der Waals surface area contributed by atoms with Crippen LogP contribution in [0.1, 0.15) is 44.1 Å². The van der Waals surface area contributed by atoms with E-state index in [0.29, 0.717) is 5.92 Å². The molecule has 0 N–H and O–H groups in total. The molecule has 0 aromatic heterocycles. The number of alkyl halides is 2. The first-order valence-corrected chi connectivity index (χ1v) is 11.2. The minimum Gasteiger partial charge on any atom is -0.462 e. The minimum atomic E-state index is -1.78. The molecular formula is C24H27F2NO4. The molecule has 1 saturated heterocycles. The molecule has 8 atom stereocenters. The number of esters is 1. The molecule has 0 spiro atoms. The van der Waals surface area contributed by atoms with Crippen LogP contribution in [0.15, 0.2) is 42.1 Å². The van der Waals surface area contributed by atoms with Crippen molar-refractivity contribution in [3.8, 4) is 0 Å². The van der Waals surface area contributed by atoms with Crippen molar-refractivity contribution in [1.82, 2.24) is 4.90 Å². The SMILES string of the molecule is CCOC(=O)C1=CN2C3CC(c4ccccc4)CCC3OC3C(F)C(F)CC(C1=O)C32. The number of Topliss-reactive ketones (excluding diaryl/α,β-unsaturated/α-hetero) is 1. The second kappa shape index (κ2) is 8.01. The van der Waals surface area contributed by atoms with Crippen molar-refractivity contribution in [2.24, 2.45) is 5.92 Å². The number of hydrogen-bond acceptors (Lipinski definition) is 5. The van der Waals surface area contributed by atoms with Crippen molar-refractivity contribution >= 4 is 11.8 Å². The van der Waals surface area contributed by atoms with E-state index in [-0.39, 0.29) is 30.7 Å². The lowest BCUT2D eigenvalue weighted by Gasteiger charge is -2.58. The summed E-state index contributed by atoms with van der Waals surface area (Å²) in [7, 11) is 0. The number of hydrogen-bond donors (Lipinski definition) is 0. The molecule has 1 aromatic carbocycles. The highest BCUT2D eigenvalue weighted by molar-refractivity contribution is 6.18. The fraction of sp³-hybridized carbons (Fsp3) is 0.583. The van der Waals surface area contributed by atoms with E-state index < -0.39 is 42.2 Å². The van der Waals surface area contributed by atoms with Crippen LogP contribution in [-0.2, 0) is 19.1 Å². The molecule has 2 heterocycles. The highest BCUT2D eigenvalue weighted by Crippen LogP contribution is 2.48. The molecule has 8 unspecified atom stereocenters. The molecule has 0 bridgehead atoms. The number of carbonyl (C=O) groups is 2. The molecule has 166 valence electrons. The molecular weight excluding hydrogens is 404 g/mol. The number of fused-ring (bicyclic) bond motifs is 2. The van der Waals surface area contributed by atoms with E-state index >= 15 is 0 Å². The van der Waals surface area contributed by atoms with Crippen molar-refractivity contribution < 1.29 is 27.8 Å². The molecule has 5 rings (SSSR count). The fourth-order valence-corrected chi connectivity index (χ4v) is 5.93. The second-order valence-corrected chi connectivity index (χ2v) is 9.00. The van der Waals surface area contributed by atoms with E-state index in [0.717, 1.165) is 19.3 Å². The molecule has 4 aliphatic rings. The van der Waals surface area contributed by atoms with Crippen LogP contribution >= 0.6 is 0 Å². The third kappa shape index (κ3) is 3.37. The van der Waals surface area contributed by atoms with Crippen LogP contribution in [0, 0.1) is 5.92 Å². The zero-order valence-electron chi connectivity index (χ0n) is 17.5. The molecule has 7 heteroatoms. The quantitative estimate of drug-likeness (QED) is 0.542. The highest BCUT2D eigenvalue weighted by atomic mass is 19.2. The molecule has 2 saturated carbocycles. The number of nitrogens with zero attached hydrogens (tertiary/aromatic N) is 1. The Morgan fingerprint density at radius 2 is 1.97 bits per heavy atom. The van der Waals surface area contributed by atoms with Gasteiger partial charge in [0.2, 0.25) is 0 Å². The average molecular weight is 431 g/mol. The van der Waals surface area contributed by atoms with Crippen LogP contribution in [0.2, 0.25) is 0 Å². The number of rotatable bonds is 3. The molecule has 0 radical (unpaired) electrons. The van der Waals surface area contributed by atoms with Crippen molar-refractivity contribution in [2.75, 3.05) is 6.61 Å². The Kier molecular flexibility index (Phi) is 5.32. The summed E-state index contributed by atoms with van der Waals surface area (Å²) in [5.74, 6) is -1.67. The summed E-state index contributed by atoms with van der Waals surface area (Å²) < 4.78 is 40.6. The Morgan fingerprint density at radius 3 is 2.71 bits per heavy atom. The van der Waals surface area contributed by atoms with E-state index in [1.807, 2.05) is 23.1 Å². The first kappa shape index (κ1) is 20.6. The number of benzene rings is 1.